The Kier molecular flexibility index (Phi) is 2.68. The van der Waals surface area contributed by atoms with Crippen molar-refractivity contribution in [3.05, 3.63) is 16.9 Å². The third-order valence-corrected chi connectivity index (χ3v) is 2.66. The highest BCUT2D eigenvalue weighted by molar-refractivity contribution is 7.16. The zero-order chi connectivity index (χ0) is 10.8. The Balaban J connectivity index is 2.15. The van der Waals surface area contributed by atoms with Gasteiger partial charge >= 0.3 is 5.97 Å². The van der Waals surface area contributed by atoms with E-state index in [1.807, 2.05) is 6.92 Å². The van der Waals surface area contributed by atoms with Crippen molar-refractivity contribution >= 4 is 22.3 Å². The van der Waals surface area contributed by atoms with Gasteiger partial charge in [-0.3, -0.25) is 4.79 Å². The summed E-state index contributed by atoms with van der Waals surface area (Å²) >= 11 is 1.50. The van der Waals surface area contributed by atoms with Crippen LogP contribution in [-0.4, -0.2) is 27.2 Å². The molecule has 2 rings (SSSR count). The summed E-state index contributed by atoms with van der Waals surface area (Å²) in [5, 5.41) is 5.17. The van der Waals surface area contributed by atoms with E-state index in [-0.39, 0.29) is 12.4 Å². The SMILES string of the molecule is CCOC(=O)Cc1cn2nc(C)sc2n1. The van der Waals surface area contributed by atoms with Gasteiger partial charge in [0.25, 0.3) is 0 Å². The molecular formula is C9H11N3O2S. The number of hydrogen-bond acceptors (Lipinski definition) is 5. The van der Waals surface area contributed by atoms with Crippen LogP contribution in [0.15, 0.2) is 6.20 Å². The number of nitrogens with zero attached hydrogens (tertiary/aromatic N) is 3. The zero-order valence-electron chi connectivity index (χ0n) is 8.56. The standard InChI is InChI=1S/C9H11N3O2S/c1-3-14-8(13)4-7-5-12-9(10-7)15-6(2)11-12/h5H,3-4H2,1-2H3. The number of fused-ring (bicyclic) bond motifs is 1. The maximum atomic E-state index is 11.2. The van der Waals surface area contributed by atoms with Crippen molar-refractivity contribution in [2.45, 2.75) is 20.3 Å². The molecule has 0 saturated carbocycles. The molecule has 0 saturated heterocycles. The average molecular weight is 225 g/mol. The molecule has 0 fully saturated rings. The van der Waals surface area contributed by atoms with Crippen LogP contribution in [0.5, 0.6) is 0 Å². The van der Waals surface area contributed by atoms with Crippen LogP contribution >= 0.6 is 11.3 Å². The van der Waals surface area contributed by atoms with Gasteiger partial charge in [0.15, 0.2) is 0 Å². The lowest BCUT2D eigenvalue weighted by molar-refractivity contribution is -0.142. The molecule has 2 aromatic heterocycles. The number of carbonyl (C=O) groups is 1. The fraction of sp³-hybridized carbons (Fsp3) is 0.444. The summed E-state index contributed by atoms with van der Waals surface area (Å²) in [6.07, 6.45) is 1.97. The predicted molar refractivity (Wildman–Crippen MR) is 55.9 cm³/mol. The van der Waals surface area contributed by atoms with E-state index in [0.29, 0.717) is 12.3 Å². The minimum atomic E-state index is -0.250. The van der Waals surface area contributed by atoms with Gasteiger partial charge in [0.2, 0.25) is 4.96 Å². The van der Waals surface area contributed by atoms with Gasteiger partial charge in [-0.15, -0.1) is 0 Å². The Hall–Kier alpha value is -1.43. The molecule has 5 nitrogen and oxygen atoms in total. The molecule has 0 unspecified atom stereocenters. The number of ether oxygens (including phenoxy) is 1. The topological polar surface area (TPSA) is 56.5 Å². The first-order chi connectivity index (χ1) is 7.19. The number of aryl methyl sites for hydroxylation is 1. The Morgan fingerprint density at radius 2 is 2.47 bits per heavy atom. The van der Waals surface area contributed by atoms with Crippen molar-refractivity contribution in [2.75, 3.05) is 6.61 Å². The Morgan fingerprint density at radius 3 is 3.13 bits per heavy atom. The van der Waals surface area contributed by atoms with Crippen LogP contribution in [0.3, 0.4) is 0 Å². The minimum Gasteiger partial charge on any atom is -0.466 e. The maximum Gasteiger partial charge on any atom is 0.311 e. The van der Waals surface area contributed by atoms with E-state index in [4.69, 9.17) is 4.74 Å². The van der Waals surface area contributed by atoms with Gasteiger partial charge in [0.05, 0.1) is 24.9 Å². The molecule has 0 aliphatic carbocycles. The van der Waals surface area contributed by atoms with Crippen LogP contribution < -0.4 is 0 Å². The van der Waals surface area contributed by atoms with Crippen LogP contribution in [0.25, 0.3) is 4.96 Å². The van der Waals surface area contributed by atoms with Crippen LogP contribution in [0.1, 0.15) is 17.6 Å². The molecule has 0 amide bonds. The normalized spacial score (nSPS) is 10.8. The molecule has 0 atom stereocenters. The number of esters is 1. The summed E-state index contributed by atoms with van der Waals surface area (Å²) in [5.41, 5.74) is 0.701. The monoisotopic (exact) mass is 225 g/mol. The molecule has 0 bridgehead atoms. The second-order valence-corrected chi connectivity index (χ2v) is 4.22. The first-order valence-electron chi connectivity index (χ1n) is 4.66. The lowest BCUT2D eigenvalue weighted by Crippen LogP contribution is -2.07. The fourth-order valence-corrected chi connectivity index (χ4v) is 2.03. The highest BCUT2D eigenvalue weighted by Gasteiger charge is 2.10. The lowest BCUT2D eigenvalue weighted by atomic mass is 10.3. The Labute approximate surface area is 90.7 Å². The summed E-state index contributed by atoms with van der Waals surface area (Å²) in [6, 6.07) is 0. The molecule has 80 valence electrons. The van der Waals surface area contributed by atoms with Crippen LogP contribution in [0.2, 0.25) is 0 Å². The van der Waals surface area contributed by atoms with E-state index in [1.54, 1.807) is 17.6 Å². The van der Waals surface area contributed by atoms with E-state index in [0.717, 1.165) is 9.97 Å². The molecule has 6 heteroatoms. The second-order valence-electron chi connectivity index (χ2n) is 3.06. The highest BCUT2D eigenvalue weighted by Crippen LogP contribution is 2.13. The fourth-order valence-electron chi connectivity index (χ4n) is 1.29. The predicted octanol–water partition coefficient (Wildman–Crippen LogP) is 1.20. The number of aromatic nitrogens is 3. The third-order valence-electron chi connectivity index (χ3n) is 1.82. The Morgan fingerprint density at radius 1 is 1.67 bits per heavy atom. The van der Waals surface area contributed by atoms with E-state index in [9.17, 15) is 4.79 Å². The molecule has 0 aliphatic rings. The van der Waals surface area contributed by atoms with E-state index >= 15 is 0 Å². The number of carbonyl (C=O) groups excluding carboxylic acids is 1. The molecule has 0 N–H and O–H groups in total. The van der Waals surface area contributed by atoms with E-state index < -0.39 is 0 Å². The van der Waals surface area contributed by atoms with Crippen LogP contribution in [-0.2, 0) is 16.0 Å². The first-order valence-corrected chi connectivity index (χ1v) is 5.48. The van der Waals surface area contributed by atoms with Gasteiger partial charge in [-0.2, -0.15) is 5.10 Å². The molecule has 2 heterocycles. The summed E-state index contributed by atoms with van der Waals surface area (Å²) in [4.78, 5) is 16.3. The summed E-state index contributed by atoms with van der Waals surface area (Å²) < 4.78 is 6.53. The van der Waals surface area contributed by atoms with Crippen LogP contribution in [0, 0.1) is 6.92 Å². The molecule has 0 aliphatic heterocycles. The minimum absolute atomic E-state index is 0.211. The van der Waals surface area contributed by atoms with Crippen molar-refractivity contribution in [2.24, 2.45) is 0 Å². The number of hydrogen-bond donors (Lipinski definition) is 0. The van der Waals surface area contributed by atoms with E-state index in [1.165, 1.54) is 11.3 Å². The van der Waals surface area contributed by atoms with Crippen molar-refractivity contribution in [1.82, 2.24) is 14.6 Å². The zero-order valence-corrected chi connectivity index (χ0v) is 9.37. The van der Waals surface area contributed by atoms with Gasteiger partial charge in [0.1, 0.15) is 5.01 Å². The van der Waals surface area contributed by atoms with Crippen molar-refractivity contribution in [3.8, 4) is 0 Å². The lowest BCUT2D eigenvalue weighted by Gasteiger charge is -1.97. The molecule has 15 heavy (non-hydrogen) atoms. The quantitative estimate of drug-likeness (QED) is 0.737. The van der Waals surface area contributed by atoms with Gasteiger partial charge in [-0.1, -0.05) is 11.3 Å². The number of rotatable bonds is 3. The first kappa shape index (κ1) is 10.1. The van der Waals surface area contributed by atoms with Gasteiger partial charge < -0.3 is 4.74 Å². The van der Waals surface area contributed by atoms with E-state index in [2.05, 4.69) is 10.1 Å². The average Bonchev–Trinajstić information content (AvgIpc) is 2.60. The molecule has 0 aromatic carbocycles. The Bertz CT molecular complexity index is 457. The molecule has 2 aromatic rings. The number of imidazole rings is 1. The summed E-state index contributed by atoms with van der Waals surface area (Å²) in [7, 11) is 0. The molecule has 0 spiro atoms. The van der Waals surface area contributed by atoms with Gasteiger partial charge in [0, 0.05) is 0 Å². The smallest absolute Gasteiger partial charge is 0.311 e. The van der Waals surface area contributed by atoms with Crippen molar-refractivity contribution in [1.29, 1.82) is 0 Å². The van der Waals surface area contributed by atoms with Gasteiger partial charge in [-0.05, 0) is 13.8 Å². The largest absolute Gasteiger partial charge is 0.466 e. The summed E-state index contributed by atoms with van der Waals surface area (Å²) in [6.45, 7) is 4.11. The van der Waals surface area contributed by atoms with Crippen LogP contribution in [0.4, 0.5) is 0 Å². The highest BCUT2D eigenvalue weighted by atomic mass is 32.1. The molecular weight excluding hydrogens is 214 g/mol. The van der Waals surface area contributed by atoms with Gasteiger partial charge in [-0.25, -0.2) is 9.50 Å². The summed E-state index contributed by atoms with van der Waals surface area (Å²) in [5.74, 6) is -0.250. The van der Waals surface area contributed by atoms with Crippen molar-refractivity contribution < 1.29 is 9.53 Å². The molecule has 0 radical (unpaired) electrons. The maximum absolute atomic E-state index is 11.2. The third kappa shape index (κ3) is 2.15. The van der Waals surface area contributed by atoms with Crippen molar-refractivity contribution in [3.63, 3.8) is 0 Å². The second kappa shape index (κ2) is 3.98.